The lowest BCUT2D eigenvalue weighted by molar-refractivity contribution is -0.384. The molecule has 0 amide bonds. The third-order valence-electron chi connectivity index (χ3n) is 2.63. The largest absolute Gasteiger partial charge is 0.497 e. The van der Waals surface area contributed by atoms with Gasteiger partial charge in [0.25, 0.3) is 5.69 Å². The third kappa shape index (κ3) is 3.21. The van der Waals surface area contributed by atoms with E-state index in [0.717, 1.165) is 5.82 Å². The van der Waals surface area contributed by atoms with Gasteiger partial charge in [-0.2, -0.15) is 0 Å². The molecule has 0 aliphatic carbocycles. The number of aromatic nitrogens is 2. The lowest BCUT2D eigenvalue weighted by Gasteiger charge is -2.08. The maximum Gasteiger partial charge on any atom is 0.292 e. The van der Waals surface area contributed by atoms with E-state index in [1.807, 2.05) is 0 Å². The Balaban J connectivity index is 2.06. The summed E-state index contributed by atoms with van der Waals surface area (Å²) in [6.07, 6.45) is 4.06. The quantitative estimate of drug-likeness (QED) is 0.613. The van der Waals surface area contributed by atoms with E-state index in [1.54, 1.807) is 24.5 Å². The minimum Gasteiger partial charge on any atom is -0.497 e. The molecule has 7 heteroatoms. The van der Waals surface area contributed by atoms with Crippen LogP contribution in [0.3, 0.4) is 0 Å². The van der Waals surface area contributed by atoms with Crippen LogP contribution in [0.25, 0.3) is 0 Å². The van der Waals surface area contributed by atoms with Gasteiger partial charge >= 0.3 is 0 Å². The summed E-state index contributed by atoms with van der Waals surface area (Å²) in [5.41, 5.74) is 0.469. The summed E-state index contributed by atoms with van der Waals surface area (Å²) < 4.78 is 5.06. The van der Waals surface area contributed by atoms with Crippen LogP contribution in [0.1, 0.15) is 5.82 Å². The Kier molecular flexibility index (Phi) is 3.97. The van der Waals surface area contributed by atoms with Crippen molar-refractivity contribution in [1.29, 1.82) is 0 Å². The number of nitrogens with zero attached hydrogens (tertiary/aromatic N) is 2. The van der Waals surface area contributed by atoms with Crippen LogP contribution in [0.5, 0.6) is 5.75 Å². The van der Waals surface area contributed by atoms with Crippen LogP contribution in [0, 0.1) is 10.1 Å². The van der Waals surface area contributed by atoms with E-state index in [4.69, 9.17) is 4.74 Å². The van der Waals surface area contributed by atoms with Crippen LogP contribution in [0.15, 0.2) is 30.6 Å². The fourth-order valence-electron chi connectivity index (χ4n) is 1.69. The van der Waals surface area contributed by atoms with Gasteiger partial charge in [0.05, 0.1) is 12.0 Å². The maximum absolute atomic E-state index is 10.9. The number of hydrogen-bond acceptors (Lipinski definition) is 5. The maximum atomic E-state index is 10.9. The molecule has 2 N–H and O–H groups in total. The van der Waals surface area contributed by atoms with E-state index in [-0.39, 0.29) is 5.69 Å². The van der Waals surface area contributed by atoms with Gasteiger partial charge in [0.1, 0.15) is 17.3 Å². The van der Waals surface area contributed by atoms with Gasteiger partial charge in [0, 0.05) is 37.5 Å². The zero-order chi connectivity index (χ0) is 13.7. The summed E-state index contributed by atoms with van der Waals surface area (Å²) in [6, 6.07) is 4.60. The summed E-state index contributed by atoms with van der Waals surface area (Å²) in [5, 5.41) is 13.9. The molecule has 0 aliphatic rings. The first-order valence-electron chi connectivity index (χ1n) is 5.75. The molecule has 100 valence electrons. The van der Waals surface area contributed by atoms with E-state index in [9.17, 15) is 10.1 Å². The Labute approximate surface area is 109 Å². The van der Waals surface area contributed by atoms with Gasteiger partial charge in [-0.15, -0.1) is 0 Å². The molecule has 0 aliphatic heterocycles. The number of rotatable bonds is 6. The lowest BCUT2D eigenvalue weighted by Crippen LogP contribution is -2.08. The number of ether oxygens (including phenoxy) is 1. The van der Waals surface area contributed by atoms with Crippen LogP contribution in [-0.4, -0.2) is 28.5 Å². The van der Waals surface area contributed by atoms with E-state index in [1.165, 1.54) is 13.2 Å². The Hall–Kier alpha value is -2.57. The highest BCUT2D eigenvalue weighted by Crippen LogP contribution is 2.28. The summed E-state index contributed by atoms with van der Waals surface area (Å²) in [7, 11) is 1.52. The number of hydrogen-bond donors (Lipinski definition) is 2. The molecule has 0 saturated heterocycles. The molecule has 1 aromatic heterocycles. The number of methoxy groups -OCH3 is 1. The number of nitrogens with one attached hydrogen (secondary N) is 2. The second-order valence-electron chi connectivity index (χ2n) is 3.85. The van der Waals surface area contributed by atoms with Gasteiger partial charge in [-0.1, -0.05) is 0 Å². The first-order chi connectivity index (χ1) is 9.20. The third-order valence-corrected chi connectivity index (χ3v) is 2.63. The molecule has 0 spiro atoms. The van der Waals surface area contributed by atoms with Crippen molar-refractivity contribution < 1.29 is 9.66 Å². The van der Waals surface area contributed by atoms with Crippen LogP contribution in [0.2, 0.25) is 0 Å². The summed E-state index contributed by atoms with van der Waals surface area (Å²) in [6.45, 7) is 0.543. The molecule has 2 aromatic rings. The smallest absolute Gasteiger partial charge is 0.292 e. The Morgan fingerprint density at radius 1 is 1.53 bits per heavy atom. The highest BCUT2D eigenvalue weighted by atomic mass is 16.6. The average molecular weight is 262 g/mol. The Morgan fingerprint density at radius 3 is 3.00 bits per heavy atom. The molecule has 0 unspecified atom stereocenters. The van der Waals surface area contributed by atoms with Crippen molar-refractivity contribution in [3.8, 4) is 5.75 Å². The van der Waals surface area contributed by atoms with Gasteiger partial charge < -0.3 is 15.0 Å². The van der Waals surface area contributed by atoms with E-state index in [0.29, 0.717) is 24.4 Å². The molecule has 0 fully saturated rings. The van der Waals surface area contributed by atoms with Crippen LogP contribution >= 0.6 is 0 Å². The molecule has 7 nitrogen and oxygen atoms in total. The lowest BCUT2D eigenvalue weighted by atomic mass is 10.2. The molecular formula is C12H14N4O3. The highest BCUT2D eigenvalue weighted by molar-refractivity contribution is 5.64. The zero-order valence-corrected chi connectivity index (χ0v) is 10.4. The molecule has 1 heterocycles. The predicted octanol–water partition coefficient (Wildman–Crippen LogP) is 1.98. The van der Waals surface area contributed by atoms with Crippen molar-refractivity contribution in [1.82, 2.24) is 9.97 Å². The second-order valence-corrected chi connectivity index (χ2v) is 3.85. The minimum absolute atomic E-state index is 0.0280. The molecule has 0 atom stereocenters. The van der Waals surface area contributed by atoms with Crippen LogP contribution in [-0.2, 0) is 6.42 Å². The van der Waals surface area contributed by atoms with E-state index < -0.39 is 4.92 Å². The molecule has 0 radical (unpaired) electrons. The summed E-state index contributed by atoms with van der Waals surface area (Å²) in [4.78, 5) is 17.6. The molecule has 19 heavy (non-hydrogen) atoms. The Bertz CT molecular complexity index is 554. The minimum atomic E-state index is -0.422. The number of H-pyrrole nitrogens is 1. The predicted molar refractivity (Wildman–Crippen MR) is 70.4 cm³/mol. The molecule has 0 saturated carbocycles. The van der Waals surface area contributed by atoms with Gasteiger partial charge in [-0.3, -0.25) is 10.1 Å². The molecule has 2 rings (SSSR count). The van der Waals surface area contributed by atoms with Gasteiger partial charge in [-0.05, 0) is 6.07 Å². The summed E-state index contributed by atoms with van der Waals surface area (Å²) in [5.74, 6) is 1.41. The SMILES string of the molecule is COc1ccc([N+](=O)[O-])c(NCCc2ncc[nH]2)c1. The normalized spacial score (nSPS) is 10.2. The number of aromatic amines is 1. The zero-order valence-electron chi connectivity index (χ0n) is 10.4. The standard InChI is InChI=1S/C12H14N4O3/c1-19-9-2-3-11(16(17)18)10(8-9)13-5-4-12-14-6-7-15-12/h2-3,6-8,13H,4-5H2,1H3,(H,14,15). The topological polar surface area (TPSA) is 93.1 Å². The van der Waals surface area contributed by atoms with Gasteiger partial charge in [0.2, 0.25) is 0 Å². The monoisotopic (exact) mass is 262 g/mol. The first kappa shape index (κ1) is 12.9. The number of anilines is 1. The van der Waals surface area contributed by atoms with Crippen LogP contribution < -0.4 is 10.1 Å². The fraction of sp³-hybridized carbons (Fsp3) is 0.250. The van der Waals surface area contributed by atoms with Crippen molar-refractivity contribution in [3.05, 3.63) is 46.5 Å². The van der Waals surface area contributed by atoms with Crippen LogP contribution in [0.4, 0.5) is 11.4 Å². The summed E-state index contributed by atoms with van der Waals surface area (Å²) >= 11 is 0. The van der Waals surface area contributed by atoms with Crippen molar-refractivity contribution in [2.75, 3.05) is 19.0 Å². The second kappa shape index (κ2) is 5.85. The van der Waals surface area contributed by atoms with Gasteiger partial charge in [0.15, 0.2) is 0 Å². The van der Waals surface area contributed by atoms with Crippen molar-refractivity contribution in [2.24, 2.45) is 0 Å². The first-order valence-corrected chi connectivity index (χ1v) is 5.75. The number of imidazole rings is 1. The van der Waals surface area contributed by atoms with Crippen molar-refractivity contribution >= 4 is 11.4 Å². The van der Waals surface area contributed by atoms with E-state index in [2.05, 4.69) is 15.3 Å². The number of benzene rings is 1. The van der Waals surface area contributed by atoms with Gasteiger partial charge in [-0.25, -0.2) is 4.98 Å². The Morgan fingerprint density at radius 2 is 2.37 bits per heavy atom. The fourth-order valence-corrected chi connectivity index (χ4v) is 1.69. The average Bonchev–Trinajstić information content (AvgIpc) is 2.91. The molecule has 1 aromatic carbocycles. The van der Waals surface area contributed by atoms with Crippen molar-refractivity contribution in [2.45, 2.75) is 6.42 Å². The molecule has 0 bridgehead atoms. The van der Waals surface area contributed by atoms with E-state index >= 15 is 0 Å². The highest BCUT2D eigenvalue weighted by Gasteiger charge is 2.14. The number of nitro benzene ring substituents is 1. The number of nitro groups is 1. The van der Waals surface area contributed by atoms with Crippen molar-refractivity contribution in [3.63, 3.8) is 0 Å². The molecular weight excluding hydrogens is 248 g/mol.